The first kappa shape index (κ1) is 21.8. The Bertz CT molecular complexity index is 1090. The summed E-state index contributed by atoms with van der Waals surface area (Å²) in [6, 6.07) is 14.4. The fourth-order valence-electron chi connectivity index (χ4n) is 3.58. The van der Waals surface area contributed by atoms with E-state index in [1.807, 2.05) is 23.1 Å². The Morgan fingerprint density at radius 1 is 1.12 bits per heavy atom. The molecule has 0 atom stereocenters. The van der Waals surface area contributed by atoms with E-state index in [1.54, 1.807) is 36.5 Å². The molecule has 1 saturated heterocycles. The average molecular weight is 450 g/mol. The highest BCUT2D eigenvalue weighted by atomic mass is 35.5. The Kier molecular flexibility index (Phi) is 6.97. The molecule has 0 aliphatic carbocycles. The topological polar surface area (TPSA) is 87.2 Å². The minimum Gasteiger partial charge on any atom is -0.370 e. The monoisotopic (exact) mass is 449 g/mol. The number of carbonyl (C=O) groups is 2. The van der Waals surface area contributed by atoms with Gasteiger partial charge in [0.25, 0.3) is 5.91 Å². The SMILES string of the molecule is O=C(Nc1ccc(Cl)c(-c2ccccn2)c1)c1ccc(NCCCN2CCCC2=O)nc1. The number of hydrogen-bond acceptors (Lipinski definition) is 5. The van der Waals surface area contributed by atoms with E-state index in [9.17, 15) is 9.59 Å². The molecule has 0 unspecified atom stereocenters. The van der Waals surface area contributed by atoms with Crippen LogP contribution in [0, 0.1) is 0 Å². The van der Waals surface area contributed by atoms with Gasteiger partial charge in [-0.05, 0) is 55.3 Å². The molecule has 164 valence electrons. The zero-order valence-electron chi connectivity index (χ0n) is 17.6. The van der Waals surface area contributed by atoms with Crippen LogP contribution in [0.2, 0.25) is 5.02 Å². The van der Waals surface area contributed by atoms with Crippen molar-refractivity contribution in [2.75, 3.05) is 30.3 Å². The van der Waals surface area contributed by atoms with Crippen LogP contribution in [0.15, 0.2) is 60.9 Å². The molecule has 2 N–H and O–H groups in total. The number of benzene rings is 1. The summed E-state index contributed by atoms with van der Waals surface area (Å²) in [6.45, 7) is 2.33. The predicted molar refractivity (Wildman–Crippen MR) is 126 cm³/mol. The van der Waals surface area contributed by atoms with Gasteiger partial charge < -0.3 is 15.5 Å². The minimum atomic E-state index is -0.258. The summed E-state index contributed by atoms with van der Waals surface area (Å²) < 4.78 is 0. The number of carbonyl (C=O) groups excluding carboxylic acids is 2. The van der Waals surface area contributed by atoms with Gasteiger partial charge in [0, 0.05) is 49.7 Å². The Hall–Kier alpha value is -3.45. The van der Waals surface area contributed by atoms with Crippen molar-refractivity contribution in [3.63, 3.8) is 0 Å². The van der Waals surface area contributed by atoms with E-state index in [0.717, 1.165) is 37.2 Å². The summed E-state index contributed by atoms with van der Waals surface area (Å²) in [4.78, 5) is 34.8. The van der Waals surface area contributed by atoms with Crippen LogP contribution >= 0.6 is 11.6 Å². The second kappa shape index (κ2) is 10.2. The van der Waals surface area contributed by atoms with Crippen LogP contribution in [0.4, 0.5) is 11.5 Å². The molecule has 0 radical (unpaired) electrons. The second-order valence-electron chi connectivity index (χ2n) is 7.56. The van der Waals surface area contributed by atoms with Gasteiger partial charge in [0.1, 0.15) is 5.82 Å². The number of likely N-dealkylation sites (tertiary alicyclic amines) is 1. The summed E-state index contributed by atoms with van der Waals surface area (Å²) in [5.74, 6) is 0.676. The number of hydrogen-bond donors (Lipinski definition) is 2. The van der Waals surface area contributed by atoms with Crippen LogP contribution in [-0.4, -0.2) is 46.3 Å². The van der Waals surface area contributed by atoms with Crippen LogP contribution in [0.3, 0.4) is 0 Å². The van der Waals surface area contributed by atoms with Gasteiger partial charge in [0.05, 0.1) is 16.3 Å². The molecule has 4 rings (SSSR count). The lowest BCUT2D eigenvalue weighted by molar-refractivity contribution is -0.127. The van der Waals surface area contributed by atoms with Crippen molar-refractivity contribution < 1.29 is 9.59 Å². The highest BCUT2D eigenvalue weighted by Crippen LogP contribution is 2.29. The van der Waals surface area contributed by atoms with Crippen molar-refractivity contribution in [2.45, 2.75) is 19.3 Å². The van der Waals surface area contributed by atoms with E-state index in [4.69, 9.17) is 11.6 Å². The van der Waals surface area contributed by atoms with E-state index in [-0.39, 0.29) is 11.8 Å². The summed E-state index contributed by atoms with van der Waals surface area (Å²) in [7, 11) is 0. The third kappa shape index (κ3) is 5.42. The Labute approximate surface area is 191 Å². The molecule has 32 heavy (non-hydrogen) atoms. The molecule has 1 aromatic carbocycles. The van der Waals surface area contributed by atoms with Crippen LogP contribution in [0.25, 0.3) is 11.3 Å². The standard InChI is InChI=1S/C24H24ClN5O2/c25-20-9-8-18(15-19(20)21-5-1-2-11-26-21)29-24(32)17-7-10-22(28-16-17)27-12-4-14-30-13-3-6-23(30)31/h1-2,5,7-11,15-16H,3-4,6,12-14H2,(H,27,28)(H,29,32). The largest absolute Gasteiger partial charge is 0.370 e. The molecule has 0 bridgehead atoms. The zero-order valence-corrected chi connectivity index (χ0v) is 18.3. The molecule has 2 amide bonds. The number of amides is 2. The summed E-state index contributed by atoms with van der Waals surface area (Å²) in [5, 5.41) is 6.67. The van der Waals surface area contributed by atoms with E-state index < -0.39 is 0 Å². The molecule has 3 aromatic rings. The van der Waals surface area contributed by atoms with Crippen LogP contribution in [0.1, 0.15) is 29.6 Å². The van der Waals surface area contributed by atoms with E-state index in [2.05, 4.69) is 20.6 Å². The van der Waals surface area contributed by atoms with Gasteiger partial charge in [-0.25, -0.2) is 4.98 Å². The third-order valence-corrected chi connectivity index (χ3v) is 5.60. The second-order valence-corrected chi connectivity index (χ2v) is 7.97. The summed E-state index contributed by atoms with van der Waals surface area (Å²) >= 11 is 6.31. The molecular weight excluding hydrogens is 426 g/mol. The number of halogens is 1. The van der Waals surface area contributed by atoms with Gasteiger partial charge in [-0.3, -0.25) is 14.6 Å². The van der Waals surface area contributed by atoms with Gasteiger partial charge in [-0.15, -0.1) is 0 Å². The van der Waals surface area contributed by atoms with Crippen LogP contribution in [-0.2, 0) is 4.79 Å². The Morgan fingerprint density at radius 3 is 2.75 bits per heavy atom. The van der Waals surface area contributed by atoms with Crippen molar-refractivity contribution >= 4 is 34.9 Å². The molecule has 2 aromatic heterocycles. The maximum atomic E-state index is 12.6. The van der Waals surface area contributed by atoms with Crippen molar-refractivity contribution in [3.8, 4) is 11.3 Å². The molecule has 1 fully saturated rings. The number of anilines is 2. The lowest BCUT2D eigenvalue weighted by Crippen LogP contribution is -2.27. The number of pyridine rings is 2. The van der Waals surface area contributed by atoms with Crippen molar-refractivity contribution in [1.29, 1.82) is 0 Å². The van der Waals surface area contributed by atoms with Gasteiger partial charge in [0.15, 0.2) is 0 Å². The molecule has 0 saturated carbocycles. The lowest BCUT2D eigenvalue weighted by atomic mass is 10.1. The van der Waals surface area contributed by atoms with E-state index in [1.165, 1.54) is 6.20 Å². The lowest BCUT2D eigenvalue weighted by Gasteiger charge is -2.15. The number of rotatable bonds is 8. The molecule has 1 aliphatic rings. The predicted octanol–water partition coefficient (Wildman–Crippen LogP) is 4.47. The molecule has 8 heteroatoms. The van der Waals surface area contributed by atoms with Crippen molar-refractivity contribution in [1.82, 2.24) is 14.9 Å². The minimum absolute atomic E-state index is 0.242. The molecule has 7 nitrogen and oxygen atoms in total. The fourth-order valence-corrected chi connectivity index (χ4v) is 3.80. The van der Waals surface area contributed by atoms with Crippen LogP contribution < -0.4 is 10.6 Å². The van der Waals surface area contributed by atoms with Gasteiger partial charge in [-0.2, -0.15) is 0 Å². The van der Waals surface area contributed by atoms with Gasteiger partial charge in [0.2, 0.25) is 5.91 Å². The first-order valence-electron chi connectivity index (χ1n) is 10.6. The average Bonchev–Trinajstić information content (AvgIpc) is 3.23. The molecular formula is C24H24ClN5O2. The third-order valence-electron chi connectivity index (χ3n) is 5.27. The van der Waals surface area contributed by atoms with Gasteiger partial charge >= 0.3 is 0 Å². The fraction of sp³-hybridized carbons (Fsp3) is 0.250. The molecule has 1 aliphatic heterocycles. The first-order chi connectivity index (χ1) is 15.6. The zero-order chi connectivity index (χ0) is 22.3. The Morgan fingerprint density at radius 2 is 2.03 bits per heavy atom. The van der Waals surface area contributed by atoms with Crippen LogP contribution in [0.5, 0.6) is 0 Å². The van der Waals surface area contributed by atoms with Gasteiger partial charge in [-0.1, -0.05) is 17.7 Å². The van der Waals surface area contributed by atoms with Crippen molar-refractivity contribution in [2.24, 2.45) is 0 Å². The molecule has 3 heterocycles. The molecule has 0 spiro atoms. The number of nitrogens with one attached hydrogen (secondary N) is 2. The maximum absolute atomic E-state index is 12.6. The normalized spacial score (nSPS) is 13.3. The summed E-state index contributed by atoms with van der Waals surface area (Å²) in [6.07, 6.45) is 5.71. The summed E-state index contributed by atoms with van der Waals surface area (Å²) in [5.41, 5.74) is 2.56. The van der Waals surface area contributed by atoms with E-state index >= 15 is 0 Å². The number of aromatic nitrogens is 2. The maximum Gasteiger partial charge on any atom is 0.257 e. The Balaban J connectivity index is 1.31. The quantitative estimate of drug-likeness (QED) is 0.495. The first-order valence-corrected chi connectivity index (χ1v) is 11.0. The van der Waals surface area contributed by atoms with Crippen molar-refractivity contribution in [3.05, 3.63) is 71.5 Å². The highest BCUT2D eigenvalue weighted by Gasteiger charge is 2.18. The van der Waals surface area contributed by atoms with E-state index in [0.29, 0.717) is 35.1 Å². The highest BCUT2D eigenvalue weighted by molar-refractivity contribution is 6.33. The smallest absolute Gasteiger partial charge is 0.257 e. The number of nitrogens with zero attached hydrogens (tertiary/aromatic N) is 3.